The lowest BCUT2D eigenvalue weighted by molar-refractivity contribution is -0.117. The summed E-state index contributed by atoms with van der Waals surface area (Å²) in [5, 5.41) is 8.89. The van der Waals surface area contributed by atoms with Gasteiger partial charge in [-0.2, -0.15) is 0 Å². The lowest BCUT2D eigenvalue weighted by Gasteiger charge is -2.16. The maximum atomic E-state index is 13.2. The molecule has 86 valence electrons. The van der Waals surface area contributed by atoms with E-state index in [1.54, 1.807) is 0 Å². The molecule has 2 heterocycles. The van der Waals surface area contributed by atoms with Gasteiger partial charge >= 0.3 is 0 Å². The number of hydrogen-bond donors (Lipinski definition) is 1. The van der Waals surface area contributed by atoms with E-state index >= 15 is 0 Å². The fourth-order valence-corrected chi connectivity index (χ4v) is 1.97. The quantitative estimate of drug-likeness (QED) is 0.785. The summed E-state index contributed by atoms with van der Waals surface area (Å²) < 4.78 is 13.2. The Morgan fingerprint density at radius 3 is 2.75 bits per heavy atom. The Morgan fingerprint density at radius 1 is 1.50 bits per heavy atom. The highest BCUT2D eigenvalue weighted by atomic mass is 35.5. The summed E-state index contributed by atoms with van der Waals surface area (Å²) in [7, 11) is 0. The van der Waals surface area contributed by atoms with Gasteiger partial charge in [0.1, 0.15) is 0 Å². The van der Waals surface area contributed by atoms with E-state index in [9.17, 15) is 14.3 Å². The number of aliphatic hydroxyl groups is 1. The van der Waals surface area contributed by atoms with Crippen LogP contribution in [0.4, 0.5) is 10.1 Å². The average molecular weight is 265 g/mol. The summed E-state index contributed by atoms with van der Waals surface area (Å²) in [4.78, 5) is 16.2. The number of nitrogens with zero attached hydrogens (tertiary/aromatic N) is 2. The van der Waals surface area contributed by atoms with Gasteiger partial charge in [-0.25, -0.2) is 9.37 Å². The second kappa shape index (κ2) is 4.16. The van der Waals surface area contributed by atoms with Crippen LogP contribution in [0.2, 0.25) is 10.3 Å². The van der Waals surface area contributed by atoms with Gasteiger partial charge in [0, 0.05) is 6.07 Å². The van der Waals surface area contributed by atoms with E-state index in [4.69, 9.17) is 23.2 Å². The molecule has 1 aliphatic heterocycles. The first-order valence-electron chi connectivity index (χ1n) is 4.49. The van der Waals surface area contributed by atoms with Gasteiger partial charge in [-0.15, -0.1) is 0 Å². The Labute approximate surface area is 101 Å². The average Bonchev–Trinajstić information content (AvgIpc) is 2.51. The number of anilines is 1. The smallest absolute Gasteiger partial charge is 0.229 e. The molecule has 1 aromatic rings. The minimum Gasteiger partial charge on any atom is -0.391 e. The van der Waals surface area contributed by atoms with Crippen LogP contribution in [0.15, 0.2) is 6.07 Å². The van der Waals surface area contributed by atoms with Crippen LogP contribution in [0.1, 0.15) is 6.42 Å². The minimum absolute atomic E-state index is 0.000570. The van der Waals surface area contributed by atoms with Crippen molar-refractivity contribution in [2.75, 3.05) is 11.4 Å². The number of amides is 1. The lowest BCUT2D eigenvalue weighted by atomic mass is 10.3. The zero-order valence-corrected chi connectivity index (χ0v) is 9.46. The maximum absolute atomic E-state index is 13.2. The van der Waals surface area contributed by atoms with Crippen LogP contribution >= 0.6 is 23.2 Å². The van der Waals surface area contributed by atoms with Crippen molar-refractivity contribution < 1.29 is 14.3 Å². The van der Waals surface area contributed by atoms with Gasteiger partial charge in [0.2, 0.25) is 5.91 Å². The second-order valence-electron chi connectivity index (χ2n) is 3.43. The molecule has 1 N–H and O–H groups in total. The van der Waals surface area contributed by atoms with Crippen LogP contribution in [0.25, 0.3) is 0 Å². The Bertz CT molecular complexity index is 455. The Balaban J connectivity index is 2.41. The molecule has 1 atom stereocenters. The standard InChI is InChI=1S/C9H7Cl2FN2O2/c10-8-5(12)2-6(9(11)13-8)14-3-4(15)1-7(14)16/h2,4,15H,1,3H2. The van der Waals surface area contributed by atoms with Gasteiger partial charge < -0.3 is 10.0 Å². The van der Waals surface area contributed by atoms with Gasteiger partial charge in [0.15, 0.2) is 16.1 Å². The summed E-state index contributed by atoms with van der Waals surface area (Å²) in [5.74, 6) is -1.08. The largest absolute Gasteiger partial charge is 0.391 e. The Hall–Kier alpha value is -0.910. The van der Waals surface area contributed by atoms with Gasteiger partial charge in [-0.1, -0.05) is 23.2 Å². The second-order valence-corrected chi connectivity index (χ2v) is 4.15. The number of aliphatic hydroxyl groups excluding tert-OH is 1. The summed E-state index contributed by atoms with van der Waals surface area (Å²) in [5.41, 5.74) is 0.130. The molecule has 1 unspecified atom stereocenters. The first-order chi connectivity index (χ1) is 7.49. The van der Waals surface area contributed by atoms with Crippen molar-refractivity contribution in [2.45, 2.75) is 12.5 Å². The van der Waals surface area contributed by atoms with Gasteiger partial charge in [0.05, 0.1) is 24.8 Å². The molecule has 2 rings (SSSR count). The number of rotatable bonds is 1. The highest BCUT2D eigenvalue weighted by molar-refractivity contribution is 6.34. The first-order valence-corrected chi connectivity index (χ1v) is 5.24. The van der Waals surface area contributed by atoms with E-state index < -0.39 is 11.9 Å². The molecule has 1 aliphatic rings. The summed E-state index contributed by atoms with van der Waals surface area (Å²) in [6.45, 7) is 0.0846. The molecule has 7 heteroatoms. The van der Waals surface area contributed by atoms with Crippen molar-refractivity contribution in [3.63, 3.8) is 0 Å². The SMILES string of the molecule is O=C1CC(O)CN1c1cc(F)c(Cl)nc1Cl. The Morgan fingerprint density at radius 2 is 2.19 bits per heavy atom. The van der Waals surface area contributed by atoms with E-state index in [0.717, 1.165) is 6.07 Å². The van der Waals surface area contributed by atoms with E-state index in [1.165, 1.54) is 4.90 Å². The normalized spacial score (nSPS) is 20.6. The number of hydrogen-bond acceptors (Lipinski definition) is 3. The highest BCUT2D eigenvalue weighted by Gasteiger charge is 2.31. The molecule has 1 aromatic heterocycles. The third-order valence-corrected chi connectivity index (χ3v) is 2.81. The molecule has 0 radical (unpaired) electrons. The molecule has 4 nitrogen and oxygen atoms in total. The predicted molar refractivity (Wildman–Crippen MR) is 57.2 cm³/mol. The van der Waals surface area contributed by atoms with E-state index in [2.05, 4.69) is 4.98 Å². The topological polar surface area (TPSA) is 53.4 Å². The first kappa shape index (κ1) is 11.6. The molecule has 0 spiro atoms. The maximum Gasteiger partial charge on any atom is 0.229 e. The molecule has 1 saturated heterocycles. The lowest BCUT2D eigenvalue weighted by Crippen LogP contribution is -2.26. The van der Waals surface area contributed by atoms with Crippen LogP contribution in [0.5, 0.6) is 0 Å². The molecule has 1 fully saturated rings. The third-order valence-electron chi connectivity index (χ3n) is 2.26. The molecular formula is C9H7Cl2FN2O2. The molecule has 16 heavy (non-hydrogen) atoms. The molecule has 0 bridgehead atoms. The predicted octanol–water partition coefficient (Wildman–Crippen LogP) is 1.63. The number of carbonyl (C=O) groups is 1. The van der Waals surface area contributed by atoms with Crippen LogP contribution in [-0.2, 0) is 4.79 Å². The van der Waals surface area contributed by atoms with E-state index in [-0.39, 0.29) is 34.9 Å². The summed E-state index contributed by atoms with van der Waals surface area (Å²) >= 11 is 11.2. The van der Waals surface area contributed by atoms with Gasteiger partial charge in [0.25, 0.3) is 0 Å². The monoisotopic (exact) mass is 264 g/mol. The molecule has 0 aliphatic carbocycles. The fourth-order valence-electron chi connectivity index (χ4n) is 1.55. The summed E-state index contributed by atoms with van der Waals surface area (Å²) in [6.07, 6.45) is -0.761. The van der Waals surface area contributed by atoms with E-state index in [1.807, 2.05) is 0 Å². The van der Waals surface area contributed by atoms with Gasteiger partial charge in [-0.3, -0.25) is 4.79 Å². The highest BCUT2D eigenvalue weighted by Crippen LogP contribution is 2.30. The zero-order valence-electron chi connectivity index (χ0n) is 7.95. The van der Waals surface area contributed by atoms with Crippen molar-refractivity contribution in [1.29, 1.82) is 0 Å². The number of halogens is 3. The van der Waals surface area contributed by atoms with Crippen LogP contribution in [0, 0.1) is 5.82 Å². The molecule has 0 saturated carbocycles. The number of carbonyl (C=O) groups excluding carboxylic acids is 1. The number of pyridine rings is 1. The van der Waals surface area contributed by atoms with Crippen molar-refractivity contribution in [3.05, 3.63) is 22.2 Å². The van der Waals surface area contributed by atoms with E-state index in [0.29, 0.717) is 0 Å². The molecule has 1 amide bonds. The third kappa shape index (κ3) is 1.98. The van der Waals surface area contributed by atoms with Gasteiger partial charge in [-0.05, 0) is 0 Å². The van der Waals surface area contributed by atoms with Crippen LogP contribution in [0.3, 0.4) is 0 Å². The fraction of sp³-hybridized carbons (Fsp3) is 0.333. The van der Waals surface area contributed by atoms with Crippen LogP contribution < -0.4 is 4.90 Å². The molecule has 0 aromatic carbocycles. The van der Waals surface area contributed by atoms with Crippen molar-refractivity contribution in [3.8, 4) is 0 Å². The van der Waals surface area contributed by atoms with Crippen molar-refractivity contribution in [2.24, 2.45) is 0 Å². The van der Waals surface area contributed by atoms with Crippen molar-refractivity contribution >= 4 is 34.8 Å². The van der Waals surface area contributed by atoms with Crippen molar-refractivity contribution in [1.82, 2.24) is 4.98 Å². The number of β-amino-alcohol motifs (C(OH)–C–C–N with tert-alkyl or cyclic N) is 1. The Kier molecular flexibility index (Phi) is 3.01. The minimum atomic E-state index is -0.762. The summed E-state index contributed by atoms with van der Waals surface area (Å²) in [6, 6.07) is 1.04. The zero-order chi connectivity index (χ0) is 11.9. The number of aromatic nitrogens is 1. The molecular weight excluding hydrogens is 258 g/mol. The van der Waals surface area contributed by atoms with Crippen LogP contribution in [-0.4, -0.2) is 28.6 Å².